The number of hydrogen-bond donors (Lipinski definition) is 3. The molecule has 1 atom stereocenters. The fourth-order valence-corrected chi connectivity index (χ4v) is 3.67. The van der Waals surface area contributed by atoms with E-state index in [9.17, 15) is 4.79 Å². The minimum absolute atomic E-state index is 0.0502. The highest BCUT2D eigenvalue weighted by molar-refractivity contribution is 7.10. The van der Waals surface area contributed by atoms with Crippen LogP contribution in [0.15, 0.2) is 17.5 Å². The number of thiophene rings is 1. The summed E-state index contributed by atoms with van der Waals surface area (Å²) >= 11 is 1.72. The quantitative estimate of drug-likeness (QED) is 0.724. The Kier molecular flexibility index (Phi) is 6.33. The van der Waals surface area contributed by atoms with Gasteiger partial charge >= 0.3 is 6.03 Å². The van der Waals surface area contributed by atoms with Gasteiger partial charge in [0.1, 0.15) is 0 Å². The highest BCUT2D eigenvalue weighted by atomic mass is 32.1. The first-order valence-corrected chi connectivity index (χ1v) is 8.36. The number of nitrogens with one attached hydrogen (secondary N) is 2. The number of amides is 2. The lowest BCUT2D eigenvalue weighted by Gasteiger charge is -2.16. The Morgan fingerprint density at radius 1 is 1.40 bits per heavy atom. The summed E-state index contributed by atoms with van der Waals surface area (Å²) in [6.45, 7) is 0.845. The molecule has 1 aromatic rings. The SMILES string of the molecule is O=C(NCC[C@@H](CCO)c1cccs1)NC1CCCC1. The van der Waals surface area contributed by atoms with E-state index in [0.29, 0.717) is 18.5 Å². The van der Waals surface area contributed by atoms with Crippen LogP contribution in [0.5, 0.6) is 0 Å². The molecule has 1 aromatic heterocycles. The molecule has 0 spiro atoms. The van der Waals surface area contributed by atoms with Crippen LogP contribution >= 0.6 is 11.3 Å². The minimum Gasteiger partial charge on any atom is -0.396 e. The topological polar surface area (TPSA) is 61.4 Å². The van der Waals surface area contributed by atoms with Gasteiger partial charge in [-0.05, 0) is 43.0 Å². The maximum Gasteiger partial charge on any atom is 0.315 e. The molecule has 1 aliphatic carbocycles. The van der Waals surface area contributed by atoms with Gasteiger partial charge in [0.15, 0.2) is 0 Å². The van der Waals surface area contributed by atoms with Gasteiger partial charge in [-0.1, -0.05) is 18.9 Å². The molecule has 2 rings (SSSR count). The molecule has 1 heterocycles. The smallest absolute Gasteiger partial charge is 0.315 e. The number of aliphatic hydroxyl groups is 1. The summed E-state index contributed by atoms with van der Waals surface area (Å²) in [5.74, 6) is 0.340. The van der Waals surface area contributed by atoms with E-state index in [1.165, 1.54) is 17.7 Å². The third-order valence-corrected chi connectivity index (χ3v) is 4.93. The number of carbonyl (C=O) groups excluding carboxylic acids is 1. The Morgan fingerprint density at radius 2 is 2.20 bits per heavy atom. The molecular weight excluding hydrogens is 272 g/mol. The van der Waals surface area contributed by atoms with Crippen LogP contribution in [0.2, 0.25) is 0 Å². The standard InChI is InChI=1S/C15H24N2O2S/c18-10-8-12(14-6-3-11-20-14)7-9-16-15(19)17-13-4-1-2-5-13/h3,6,11-13,18H,1-2,4-5,7-10H2,(H2,16,17,19)/t12-/m0/s1. The lowest BCUT2D eigenvalue weighted by Crippen LogP contribution is -2.41. The normalized spacial score (nSPS) is 17.1. The van der Waals surface area contributed by atoms with Crippen molar-refractivity contribution in [2.75, 3.05) is 13.2 Å². The second kappa shape index (κ2) is 8.27. The molecule has 0 aromatic carbocycles. The van der Waals surface area contributed by atoms with Crippen molar-refractivity contribution in [2.24, 2.45) is 0 Å². The molecule has 0 aliphatic heterocycles. The summed E-state index contributed by atoms with van der Waals surface area (Å²) in [6.07, 6.45) is 6.29. The average Bonchev–Trinajstić information content (AvgIpc) is 3.10. The van der Waals surface area contributed by atoms with Crippen LogP contribution in [0.25, 0.3) is 0 Å². The summed E-state index contributed by atoms with van der Waals surface area (Å²) in [5, 5.41) is 17.2. The van der Waals surface area contributed by atoms with Gasteiger partial charge < -0.3 is 15.7 Å². The summed E-state index contributed by atoms with van der Waals surface area (Å²) < 4.78 is 0. The number of carbonyl (C=O) groups is 1. The molecule has 0 radical (unpaired) electrons. The zero-order valence-corrected chi connectivity index (χ0v) is 12.6. The molecule has 1 aliphatic rings. The Balaban J connectivity index is 1.68. The number of aliphatic hydroxyl groups excluding tert-OH is 1. The maximum atomic E-state index is 11.8. The molecule has 4 nitrogen and oxygen atoms in total. The Bertz CT molecular complexity index is 389. The van der Waals surface area contributed by atoms with Gasteiger partial charge in [0, 0.05) is 24.1 Å². The van der Waals surface area contributed by atoms with Gasteiger partial charge in [-0.2, -0.15) is 0 Å². The van der Waals surface area contributed by atoms with E-state index in [1.807, 2.05) is 6.07 Å². The Labute approximate surface area is 124 Å². The first-order chi connectivity index (χ1) is 9.79. The van der Waals surface area contributed by atoms with E-state index in [-0.39, 0.29) is 12.6 Å². The van der Waals surface area contributed by atoms with Crippen molar-refractivity contribution in [3.63, 3.8) is 0 Å². The van der Waals surface area contributed by atoms with Crippen molar-refractivity contribution < 1.29 is 9.90 Å². The summed E-state index contributed by atoms with van der Waals surface area (Å²) in [4.78, 5) is 13.0. The highest BCUT2D eigenvalue weighted by Crippen LogP contribution is 2.26. The number of urea groups is 1. The molecule has 0 saturated heterocycles. The average molecular weight is 296 g/mol. The van der Waals surface area contributed by atoms with Gasteiger partial charge in [-0.25, -0.2) is 4.79 Å². The highest BCUT2D eigenvalue weighted by Gasteiger charge is 2.17. The van der Waals surface area contributed by atoms with E-state index in [0.717, 1.165) is 25.7 Å². The van der Waals surface area contributed by atoms with Crippen LogP contribution in [0.4, 0.5) is 4.79 Å². The fraction of sp³-hybridized carbons (Fsp3) is 0.667. The third-order valence-electron chi connectivity index (χ3n) is 3.89. The van der Waals surface area contributed by atoms with E-state index < -0.39 is 0 Å². The monoisotopic (exact) mass is 296 g/mol. The predicted octanol–water partition coefficient (Wildman–Crippen LogP) is 2.85. The Hall–Kier alpha value is -1.07. The molecule has 20 heavy (non-hydrogen) atoms. The number of hydrogen-bond acceptors (Lipinski definition) is 3. The summed E-state index contributed by atoms with van der Waals surface area (Å²) in [5.41, 5.74) is 0. The van der Waals surface area contributed by atoms with E-state index in [2.05, 4.69) is 22.1 Å². The van der Waals surface area contributed by atoms with Crippen molar-refractivity contribution in [1.82, 2.24) is 10.6 Å². The predicted molar refractivity (Wildman–Crippen MR) is 82.2 cm³/mol. The van der Waals surface area contributed by atoms with Gasteiger partial charge in [-0.3, -0.25) is 0 Å². The first kappa shape index (κ1) is 15.3. The molecular formula is C15H24N2O2S. The lowest BCUT2D eigenvalue weighted by atomic mass is 10.00. The van der Waals surface area contributed by atoms with Crippen LogP contribution in [-0.2, 0) is 0 Å². The molecule has 2 amide bonds. The van der Waals surface area contributed by atoms with Crippen molar-refractivity contribution in [3.8, 4) is 0 Å². The van der Waals surface area contributed by atoms with Crippen LogP contribution in [-0.4, -0.2) is 30.3 Å². The summed E-state index contributed by atoms with van der Waals surface area (Å²) in [7, 11) is 0. The van der Waals surface area contributed by atoms with Gasteiger partial charge in [0.2, 0.25) is 0 Å². The fourth-order valence-electron chi connectivity index (χ4n) is 2.77. The summed E-state index contributed by atoms with van der Waals surface area (Å²) in [6, 6.07) is 4.44. The molecule has 0 bridgehead atoms. The molecule has 1 saturated carbocycles. The van der Waals surface area contributed by atoms with Crippen molar-refractivity contribution in [3.05, 3.63) is 22.4 Å². The van der Waals surface area contributed by atoms with Crippen molar-refractivity contribution in [2.45, 2.75) is 50.5 Å². The van der Waals surface area contributed by atoms with Crippen LogP contribution in [0.3, 0.4) is 0 Å². The lowest BCUT2D eigenvalue weighted by molar-refractivity contribution is 0.236. The van der Waals surface area contributed by atoms with E-state index in [4.69, 9.17) is 5.11 Å². The van der Waals surface area contributed by atoms with Gasteiger partial charge in [0.25, 0.3) is 0 Å². The Morgan fingerprint density at radius 3 is 2.85 bits per heavy atom. The second-order valence-electron chi connectivity index (χ2n) is 5.39. The van der Waals surface area contributed by atoms with Gasteiger partial charge in [-0.15, -0.1) is 11.3 Å². The van der Waals surface area contributed by atoms with Crippen LogP contribution in [0, 0.1) is 0 Å². The second-order valence-corrected chi connectivity index (χ2v) is 6.37. The van der Waals surface area contributed by atoms with Gasteiger partial charge in [0.05, 0.1) is 0 Å². The molecule has 0 unspecified atom stereocenters. The minimum atomic E-state index is -0.0502. The zero-order valence-electron chi connectivity index (χ0n) is 11.8. The van der Waals surface area contributed by atoms with E-state index in [1.54, 1.807) is 11.3 Å². The molecule has 5 heteroatoms. The maximum absolute atomic E-state index is 11.8. The molecule has 1 fully saturated rings. The molecule has 3 N–H and O–H groups in total. The zero-order chi connectivity index (χ0) is 14.2. The first-order valence-electron chi connectivity index (χ1n) is 7.48. The molecule has 112 valence electrons. The van der Waals surface area contributed by atoms with Crippen LogP contribution in [0.1, 0.15) is 49.3 Å². The van der Waals surface area contributed by atoms with Crippen molar-refractivity contribution >= 4 is 17.4 Å². The van der Waals surface area contributed by atoms with Crippen LogP contribution < -0.4 is 10.6 Å². The van der Waals surface area contributed by atoms with E-state index >= 15 is 0 Å². The third kappa shape index (κ3) is 4.80. The number of rotatable bonds is 7. The largest absolute Gasteiger partial charge is 0.396 e. The van der Waals surface area contributed by atoms with Crippen molar-refractivity contribution in [1.29, 1.82) is 0 Å².